The first-order valence-electron chi connectivity index (χ1n) is 11.6. The summed E-state index contributed by atoms with van der Waals surface area (Å²) in [5.41, 5.74) is 2.51. The number of rotatable bonds is 14. The molecule has 0 radical (unpaired) electrons. The van der Waals surface area contributed by atoms with E-state index in [1.807, 2.05) is 36.4 Å². The van der Waals surface area contributed by atoms with Crippen LogP contribution in [0.25, 0.3) is 11.1 Å². The van der Waals surface area contributed by atoms with E-state index in [0.717, 1.165) is 49.2 Å². The molecule has 4 nitrogen and oxygen atoms in total. The van der Waals surface area contributed by atoms with Crippen molar-refractivity contribution in [3.8, 4) is 16.9 Å². The number of ketones is 1. The minimum Gasteiger partial charge on any atom is -0.494 e. The van der Waals surface area contributed by atoms with Gasteiger partial charge in [-0.25, -0.2) is 4.79 Å². The van der Waals surface area contributed by atoms with E-state index in [4.69, 9.17) is 9.47 Å². The number of ether oxygens (including phenoxy) is 2. The van der Waals surface area contributed by atoms with E-state index in [-0.39, 0.29) is 5.78 Å². The maximum atomic E-state index is 12.4. The molecule has 2 rings (SSSR count). The predicted molar refractivity (Wildman–Crippen MR) is 126 cm³/mol. The number of esters is 1. The Bertz CT molecular complexity index is 793. The largest absolute Gasteiger partial charge is 0.494 e. The Morgan fingerprint density at radius 2 is 1.35 bits per heavy atom. The van der Waals surface area contributed by atoms with Gasteiger partial charge in [-0.15, -0.1) is 0 Å². The van der Waals surface area contributed by atoms with Crippen molar-refractivity contribution >= 4 is 11.8 Å². The third-order valence-corrected chi connectivity index (χ3v) is 5.34. The molecular weight excluding hydrogens is 388 g/mol. The maximum Gasteiger partial charge on any atom is 0.338 e. The highest BCUT2D eigenvalue weighted by molar-refractivity contribution is 5.93. The molecule has 168 valence electrons. The molecule has 0 saturated carbocycles. The summed E-state index contributed by atoms with van der Waals surface area (Å²) < 4.78 is 11.1. The van der Waals surface area contributed by atoms with E-state index in [9.17, 15) is 9.59 Å². The van der Waals surface area contributed by atoms with Crippen molar-refractivity contribution < 1.29 is 19.1 Å². The average molecular weight is 425 g/mol. The first-order chi connectivity index (χ1) is 15.0. The summed E-state index contributed by atoms with van der Waals surface area (Å²) in [5, 5.41) is 0. The van der Waals surface area contributed by atoms with Gasteiger partial charge in [0.15, 0.2) is 11.9 Å². The zero-order valence-corrected chi connectivity index (χ0v) is 19.2. The van der Waals surface area contributed by atoms with Crippen LogP contribution in [-0.2, 0) is 9.53 Å². The Kier molecular flexibility index (Phi) is 10.8. The zero-order valence-electron chi connectivity index (χ0n) is 19.2. The minimum atomic E-state index is -0.710. The normalized spacial score (nSPS) is 11.7. The molecule has 0 N–H and O–H groups in total. The fourth-order valence-corrected chi connectivity index (χ4v) is 3.31. The Morgan fingerprint density at radius 1 is 0.774 bits per heavy atom. The smallest absolute Gasteiger partial charge is 0.338 e. The van der Waals surface area contributed by atoms with Gasteiger partial charge in [0.25, 0.3) is 0 Å². The number of benzene rings is 2. The molecule has 0 aliphatic rings. The molecule has 0 aliphatic carbocycles. The van der Waals surface area contributed by atoms with Gasteiger partial charge in [-0.1, -0.05) is 70.2 Å². The molecular formula is C27H36O4. The van der Waals surface area contributed by atoms with Crippen LogP contribution in [0, 0.1) is 0 Å². The molecule has 1 atom stereocenters. The van der Waals surface area contributed by atoms with Crippen LogP contribution in [0.15, 0.2) is 48.5 Å². The van der Waals surface area contributed by atoms with E-state index in [2.05, 4.69) is 13.8 Å². The van der Waals surface area contributed by atoms with E-state index in [0.29, 0.717) is 12.0 Å². The molecule has 0 aromatic heterocycles. The van der Waals surface area contributed by atoms with Gasteiger partial charge in [0, 0.05) is 6.42 Å². The highest BCUT2D eigenvalue weighted by atomic mass is 16.5. The van der Waals surface area contributed by atoms with Gasteiger partial charge in [0.1, 0.15) is 5.75 Å². The van der Waals surface area contributed by atoms with Crippen LogP contribution in [-0.4, -0.2) is 24.5 Å². The van der Waals surface area contributed by atoms with Gasteiger partial charge < -0.3 is 9.47 Å². The molecule has 0 fully saturated rings. The van der Waals surface area contributed by atoms with Crippen molar-refractivity contribution in [2.24, 2.45) is 0 Å². The van der Waals surface area contributed by atoms with Gasteiger partial charge in [0.2, 0.25) is 0 Å². The summed E-state index contributed by atoms with van der Waals surface area (Å²) in [5.74, 6) is 0.388. The summed E-state index contributed by atoms with van der Waals surface area (Å²) in [7, 11) is 0. The second kappa shape index (κ2) is 13.6. The van der Waals surface area contributed by atoms with Crippen LogP contribution in [0.5, 0.6) is 5.75 Å². The standard InChI is InChI=1S/C27H36O4/c1-4-6-8-10-20-30-25-18-16-23(17-19-25)22-12-14-24(15-13-22)27(29)31-21(3)26(28)11-9-7-5-2/h12-19,21H,4-11,20H2,1-3H3. The lowest BCUT2D eigenvalue weighted by molar-refractivity contribution is -0.127. The van der Waals surface area contributed by atoms with Crippen LogP contribution in [0.2, 0.25) is 0 Å². The van der Waals surface area contributed by atoms with Gasteiger partial charge in [-0.2, -0.15) is 0 Å². The quantitative estimate of drug-likeness (QED) is 0.242. The fraction of sp³-hybridized carbons (Fsp3) is 0.481. The van der Waals surface area contributed by atoms with Crippen molar-refractivity contribution in [2.75, 3.05) is 6.61 Å². The Morgan fingerprint density at radius 3 is 1.97 bits per heavy atom. The Labute approximate surface area is 187 Å². The number of carbonyl (C=O) groups is 2. The van der Waals surface area contributed by atoms with Gasteiger partial charge in [0.05, 0.1) is 12.2 Å². The number of Topliss-reactive ketones (excluding diaryl/α,β-unsaturated/α-hetero) is 1. The van der Waals surface area contributed by atoms with Crippen LogP contribution in [0.1, 0.15) is 82.5 Å². The molecule has 0 heterocycles. The highest BCUT2D eigenvalue weighted by Gasteiger charge is 2.18. The summed E-state index contributed by atoms with van der Waals surface area (Å²) in [6.07, 6.45) is 7.42. The van der Waals surface area contributed by atoms with Crippen molar-refractivity contribution in [3.63, 3.8) is 0 Å². The van der Waals surface area contributed by atoms with Gasteiger partial charge in [-0.05, 0) is 55.2 Å². The third kappa shape index (κ3) is 8.56. The number of hydrogen-bond donors (Lipinski definition) is 0. The summed E-state index contributed by atoms with van der Waals surface area (Å²) in [6.45, 7) is 6.69. The molecule has 0 spiro atoms. The molecule has 0 saturated heterocycles. The first-order valence-corrected chi connectivity index (χ1v) is 11.6. The number of unbranched alkanes of at least 4 members (excludes halogenated alkanes) is 5. The molecule has 0 amide bonds. The summed E-state index contributed by atoms with van der Waals surface area (Å²) >= 11 is 0. The predicted octanol–water partition coefficient (Wildman–Crippen LogP) is 7.01. The van der Waals surface area contributed by atoms with Gasteiger partial charge >= 0.3 is 5.97 Å². The van der Waals surface area contributed by atoms with Gasteiger partial charge in [-0.3, -0.25) is 4.79 Å². The Balaban J connectivity index is 1.86. The Hall–Kier alpha value is -2.62. The van der Waals surface area contributed by atoms with Crippen molar-refractivity contribution in [1.29, 1.82) is 0 Å². The SMILES string of the molecule is CCCCCCOc1ccc(-c2ccc(C(=O)OC(C)C(=O)CCCCC)cc2)cc1. The minimum absolute atomic E-state index is 0.0221. The molecule has 0 aliphatic heterocycles. The lowest BCUT2D eigenvalue weighted by Crippen LogP contribution is -2.24. The molecule has 31 heavy (non-hydrogen) atoms. The first kappa shape index (κ1) is 24.6. The molecule has 2 aromatic rings. The van der Waals surface area contributed by atoms with E-state index >= 15 is 0 Å². The lowest BCUT2D eigenvalue weighted by Gasteiger charge is -2.12. The van der Waals surface area contributed by atoms with E-state index in [1.54, 1.807) is 19.1 Å². The van der Waals surface area contributed by atoms with E-state index in [1.165, 1.54) is 19.3 Å². The lowest BCUT2D eigenvalue weighted by atomic mass is 10.0. The van der Waals surface area contributed by atoms with Crippen LogP contribution < -0.4 is 4.74 Å². The highest BCUT2D eigenvalue weighted by Crippen LogP contribution is 2.23. The van der Waals surface area contributed by atoms with Crippen molar-refractivity contribution in [2.45, 2.75) is 78.2 Å². The zero-order chi connectivity index (χ0) is 22.5. The monoisotopic (exact) mass is 424 g/mol. The van der Waals surface area contributed by atoms with Crippen LogP contribution in [0.4, 0.5) is 0 Å². The van der Waals surface area contributed by atoms with Crippen molar-refractivity contribution in [1.82, 2.24) is 0 Å². The van der Waals surface area contributed by atoms with Crippen molar-refractivity contribution in [3.05, 3.63) is 54.1 Å². The van der Waals surface area contributed by atoms with Crippen LogP contribution in [0.3, 0.4) is 0 Å². The number of hydrogen-bond acceptors (Lipinski definition) is 4. The second-order valence-electron chi connectivity index (χ2n) is 7.98. The third-order valence-electron chi connectivity index (χ3n) is 5.34. The topological polar surface area (TPSA) is 52.6 Å². The van der Waals surface area contributed by atoms with Crippen LogP contribution >= 0.6 is 0 Å². The average Bonchev–Trinajstić information content (AvgIpc) is 2.79. The molecule has 1 unspecified atom stereocenters. The summed E-state index contributed by atoms with van der Waals surface area (Å²) in [6, 6.07) is 15.3. The molecule has 0 bridgehead atoms. The molecule has 4 heteroatoms. The summed E-state index contributed by atoms with van der Waals surface area (Å²) in [4.78, 5) is 24.4. The number of carbonyl (C=O) groups excluding carboxylic acids is 2. The fourth-order valence-electron chi connectivity index (χ4n) is 3.31. The van der Waals surface area contributed by atoms with E-state index < -0.39 is 12.1 Å². The molecule has 2 aromatic carbocycles. The maximum absolute atomic E-state index is 12.4. The second-order valence-corrected chi connectivity index (χ2v) is 7.98.